The number of carboxylic acid groups (broad SMARTS) is 1. The van der Waals surface area contributed by atoms with Crippen LogP contribution in [0, 0.1) is 0 Å². The number of carbonyl (C=O) groups excluding carboxylic acids is 2. The summed E-state index contributed by atoms with van der Waals surface area (Å²) >= 11 is 1.44. The van der Waals surface area contributed by atoms with Gasteiger partial charge in [0.15, 0.2) is 6.10 Å². The Morgan fingerprint density at radius 1 is 1.13 bits per heavy atom. The lowest BCUT2D eigenvalue weighted by atomic mass is 10.0. The van der Waals surface area contributed by atoms with Crippen LogP contribution < -0.4 is 4.90 Å². The molecule has 1 heterocycles. The van der Waals surface area contributed by atoms with E-state index in [4.69, 9.17) is 4.74 Å². The van der Waals surface area contributed by atoms with Crippen LogP contribution in [-0.4, -0.2) is 61.1 Å². The molecule has 0 radical (unpaired) electrons. The summed E-state index contributed by atoms with van der Waals surface area (Å²) in [5.74, 6) is -1.86. The Kier molecular flexibility index (Phi) is 6.79. The number of hydrogen-bond donors (Lipinski definition) is 1. The van der Waals surface area contributed by atoms with Crippen LogP contribution in [-0.2, 0) is 14.3 Å². The maximum atomic E-state index is 13.5. The van der Waals surface area contributed by atoms with E-state index in [2.05, 4.69) is 0 Å². The van der Waals surface area contributed by atoms with Gasteiger partial charge < -0.3 is 19.6 Å². The minimum Gasteiger partial charge on any atom is -0.478 e. The van der Waals surface area contributed by atoms with E-state index >= 15 is 0 Å². The van der Waals surface area contributed by atoms with Gasteiger partial charge >= 0.3 is 11.9 Å². The molecule has 1 aliphatic heterocycles. The number of anilines is 1. The maximum absolute atomic E-state index is 13.5. The SMILES string of the molecule is CC(=O)O[C@H]1C(=O)N(CCN(C)C)c2ccccc2S[C@H]1c1ccc(C(=O)O)cc1. The van der Waals surface area contributed by atoms with Crippen molar-refractivity contribution in [3.8, 4) is 0 Å². The van der Waals surface area contributed by atoms with E-state index in [0.717, 1.165) is 10.6 Å². The van der Waals surface area contributed by atoms with Crippen molar-refractivity contribution < 1.29 is 24.2 Å². The number of rotatable bonds is 6. The predicted octanol–water partition coefficient (Wildman–Crippen LogP) is 3.06. The summed E-state index contributed by atoms with van der Waals surface area (Å²) < 4.78 is 5.52. The Bertz CT molecular complexity index is 945. The Hall–Kier alpha value is -2.84. The summed E-state index contributed by atoms with van der Waals surface area (Å²) in [7, 11) is 3.86. The molecule has 0 saturated carbocycles. The van der Waals surface area contributed by atoms with Crippen molar-refractivity contribution in [1.29, 1.82) is 0 Å². The molecule has 2 aromatic carbocycles. The lowest BCUT2D eigenvalue weighted by Gasteiger charge is -2.28. The summed E-state index contributed by atoms with van der Waals surface area (Å²) in [5.41, 5.74) is 1.64. The molecule has 2 aromatic rings. The van der Waals surface area contributed by atoms with Gasteiger partial charge in [0.2, 0.25) is 0 Å². The summed E-state index contributed by atoms with van der Waals surface area (Å²) in [6, 6.07) is 13.9. The Balaban J connectivity index is 2.06. The van der Waals surface area contributed by atoms with E-state index in [-0.39, 0.29) is 11.5 Å². The van der Waals surface area contributed by atoms with Gasteiger partial charge in [0.1, 0.15) is 0 Å². The first-order valence-corrected chi connectivity index (χ1v) is 10.4. The summed E-state index contributed by atoms with van der Waals surface area (Å²) in [6.45, 7) is 2.38. The van der Waals surface area contributed by atoms with Crippen molar-refractivity contribution in [1.82, 2.24) is 4.90 Å². The second-order valence-electron chi connectivity index (χ2n) is 7.26. The highest BCUT2D eigenvalue weighted by Gasteiger charge is 2.40. The first kappa shape index (κ1) is 21.9. The second-order valence-corrected chi connectivity index (χ2v) is 8.44. The van der Waals surface area contributed by atoms with Gasteiger partial charge in [-0.05, 0) is 43.9 Å². The average molecular weight is 429 g/mol. The van der Waals surface area contributed by atoms with Gasteiger partial charge in [-0.2, -0.15) is 0 Å². The van der Waals surface area contributed by atoms with Gasteiger partial charge in [-0.3, -0.25) is 9.59 Å². The minimum atomic E-state index is -1.03. The van der Waals surface area contributed by atoms with Crippen molar-refractivity contribution in [3.05, 3.63) is 59.7 Å². The molecule has 0 aliphatic carbocycles. The highest BCUT2D eigenvalue weighted by atomic mass is 32.2. The summed E-state index contributed by atoms with van der Waals surface area (Å²) in [6.07, 6.45) is -1.03. The number of esters is 1. The zero-order valence-corrected chi connectivity index (χ0v) is 17.9. The van der Waals surface area contributed by atoms with Crippen LogP contribution in [0.4, 0.5) is 5.69 Å². The number of carboxylic acids is 1. The monoisotopic (exact) mass is 428 g/mol. The van der Waals surface area contributed by atoms with E-state index in [0.29, 0.717) is 18.7 Å². The van der Waals surface area contributed by atoms with Crippen LogP contribution in [0.3, 0.4) is 0 Å². The third kappa shape index (κ3) is 4.83. The number of thioether (sulfide) groups is 1. The van der Waals surface area contributed by atoms with Crippen molar-refractivity contribution in [2.45, 2.75) is 23.2 Å². The largest absolute Gasteiger partial charge is 0.478 e. The van der Waals surface area contributed by atoms with Crippen LogP contribution in [0.5, 0.6) is 0 Å². The van der Waals surface area contributed by atoms with E-state index in [1.165, 1.54) is 30.8 Å². The number of aromatic carboxylic acids is 1. The molecule has 0 spiro atoms. The van der Waals surface area contributed by atoms with E-state index < -0.39 is 23.3 Å². The number of hydrogen-bond acceptors (Lipinski definition) is 6. The standard InChI is InChI=1S/C22H24N2O5S/c1-14(25)29-19-20(15-8-10-16(11-9-15)22(27)28)30-18-7-5-4-6-17(18)24(21(19)26)13-12-23(2)3/h4-11,19-20H,12-13H2,1-3H3,(H,27,28)/t19-,20+/m1/s1. The number of benzene rings is 2. The number of fused-ring (bicyclic) bond motifs is 1. The molecule has 0 bridgehead atoms. The lowest BCUT2D eigenvalue weighted by Crippen LogP contribution is -2.45. The van der Waals surface area contributed by atoms with Gasteiger partial charge in [-0.1, -0.05) is 24.3 Å². The Morgan fingerprint density at radius 2 is 1.80 bits per heavy atom. The summed E-state index contributed by atoms with van der Waals surface area (Å²) in [5, 5.41) is 8.67. The van der Waals surface area contributed by atoms with Crippen molar-refractivity contribution in [2.24, 2.45) is 0 Å². The first-order valence-electron chi connectivity index (χ1n) is 9.50. The van der Waals surface area contributed by atoms with Crippen LogP contribution in [0.2, 0.25) is 0 Å². The van der Waals surface area contributed by atoms with Gasteiger partial charge in [0.05, 0.1) is 16.5 Å². The molecule has 7 nitrogen and oxygen atoms in total. The number of likely N-dealkylation sites (N-methyl/N-ethyl adjacent to an activating group) is 1. The molecule has 8 heteroatoms. The fourth-order valence-corrected chi connectivity index (χ4v) is 4.58. The molecule has 1 N–H and O–H groups in total. The third-order valence-electron chi connectivity index (χ3n) is 4.74. The minimum absolute atomic E-state index is 0.153. The quantitative estimate of drug-likeness (QED) is 0.708. The topological polar surface area (TPSA) is 87.2 Å². The number of ether oxygens (including phenoxy) is 1. The molecular weight excluding hydrogens is 404 g/mol. The van der Waals surface area contributed by atoms with Gasteiger partial charge in [0.25, 0.3) is 5.91 Å². The zero-order valence-electron chi connectivity index (χ0n) is 17.1. The molecule has 30 heavy (non-hydrogen) atoms. The van der Waals surface area contributed by atoms with E-state index in [1.807, 2.05) is 43.3 Å². The van der Waals surface area contributed by atoms with Crippen molar-refractivity contribution in [2.75, 3.05) is 32.1 Å². The number of nitrogens with zero attached hydrogens (tertiary/aromatic N) is 2. The molecule has 1 aliphatic rings. The Labute approximate surface area is 179 Å². The van der Waals surface area contributed by atoms with Gasteiger partial charge in [-0.25, -0.2) is 4.79 Å². The molecular formula is C22H24N2O5S. The fourth-order valence-electron chi connectivity index (χ4n) is 3.26. The molecule has 0 fully saturated rings. The smallest absolute Gasteiger partial charge is 0.335 e. The van der Waals surface area contributed by atoms with Crippen LogP contribution in [0.25, 0.3) is 0 Å². The van der Waals surface area contributed by atoms with Gasteiger partial charge in [0, 0.05) is 24.9 Å². The normalized spacial score (nSPS) is 18.7. The van der Waals surface area contributed by atoms with Crippen LogP contribution in [0.15, 0.2) is 53.4 Å². The number of carbonyl (C=O) groups is 3. The fraction of sp³-hybridized carbons (Fsp3) is 0.318. The molecule has 0 saturated heterocycles. The molecule has 3 rings (SSSR count). The molecule has 0 aromatic heterocycles. The molecule has 0 unspecified atom stereocenters. The molecule has 1 amide bonds. The first-order chi connectivity index (χ1) is 14.3. The van der Waals surface area contributed by atoms with Crippen LogP contribution in [0.1, 0.15) is 28.1 Å². The molecule has 158 valence electrons. The van der Waals surface area contributed by atoms with Crippen LogP contribution >= 0.6 is 11.8 Å². The third-order valence-corrected chi connectivity index (χ3v) is 6.12. The molecule has 2 atom stereocenters. The lowest BCUT2D eigenvalue weighted by molar-refractivity contribution is -0.152. The number of amides is 1. The van der Waals surface area contributed by atoms with Crippen molar-refractivity contribution in [3.63, 3.8) is 0 Å². The number of para-hydroxylation sites is 1. The highest BCUT2D eigenvalue weighted by Crippen LogP contribution is 2.46. The summed E-state index contributed by atoms with van der Waals surface area (Å²) in [4.78, 5) is 41.1. The predicted molar refractivity (Wildman–Crippen MR) is 115 cm³/mol. The Morgan fingerprint density at radius 3 is 2.40 bits per heavy atom. The van der Waals surface area contributed by atoms with Gasteiger partial charge in [-0.15, -0.1) is 11.8 Å². The van der Waals surface area contributed by atoms with E-state index in [1.54, 1.807) is 17.0 Å². The maximum Gasteiger partial charge on any atom is 0.335 e. The average Bonchev–Trinajstić information content (AvgIpc) is 2.81. The second kappa shape index (κ2) is 9.32. The van der Waals surface area contributed by atoms with Crippen molar-refractivity contribution >= 4 is 35.3 Å². The zero-order chi connectivity index (χ0) is 21.8. The van der Waals surface area contributed by atoms with E-state index in [9.17, 15) is 19.5 Å². The highest BCUT2D eigenvalue weighted by molar-refractivity contribution is 7.99.